The topological polar surface area (TPSA) is 221 Å². The predicted octanol–water partition coefficient (Wildman–Crippen LogP) is -1.15. The Morgan fingerprint density at radius 2 is 1.86 bits per heavy atom. The van der Waals surface area contributed by atoms with Gasteiger partial charge in [-0.05, 0) is 24.0 Å². The molecule has 2 aliphatic rings. The second-order valence-corrected chi connectivity index (χ2v) is 8.37. The summed E-state index contributed by atoms with van der Waals surface area (Å²) in [6.07, 6.45) is 0.649. The van der Waals surface area contributed by atoms with E-state index >= 15 is 0 Å². The average molecular weight is 502 g/mol. The first kappa shape index (κ1) is 26.1. The van der Waals surface area contributed by atoms with E-state index in [1.165, 1.54) is 4.90 Å². The standard InChI is InChI=1S/C22H26N6O8/c23-22(36)27-24-10-13(9-18(32)33)25-20(34)15-8-12-3-1-2-11-4-5-14(21(35)28(15)19(11)12)26-16(29)6-7-17(30)31/h1-3,10,13-15H,4-9H2,(H,25,34)(H,26,29)(H,30,31)(H,32,33)(H3,23,27,36)/b24-10+/t13-,14-,15-/m0/s1. The highest BCUT2D eigenvalue weighted by Crippen LogP contribution is 2.39. The molecule has 0 aliphatic carbocycles. The number of carboxylic acid groups (broad SMARTS) is 2. The number of carboxylic acids is 2. The number of primary amides is 1. The molecule has 7 N–H and O–H groups in total. The summed E-state index contributed by atoms with van der Waals surface area (Å²) in [5.41, 5.74) is 8.98. The number of amides is 5. The van der Waals surface area contributed by atoms with Crippen LogP contribution in [0.2, 0.25) is 0 Å². The zero-order valence-electron chi connectivity index (χ0n) is 19.1. The maximum atomic E-state index is 13.5. The molecule has 3 rings (SSSR count). The lowest BCUT2D eigenvalue weighted by Gasteiger charge is -2.28. The molecule has 0 fully saturated rings. The molecule has 2 aliphatic heterocycles. The molecule has 0 spiro atoms. The van der Waals surface area contributed by atoms with Crippen molar-refractivity contribution in [3.63, 3.8) is 0 Å². The van der Waals surface area contributed by atoms with Gasteiger partial charge in [0, 0.05) is 19.1 Å². The molecule has 3 atom stereocenters. The molecule has 1 aromatic rings. The largest absolute Gasteiger partial charge is 0.481 e. The SMILES string of the molecule is NC(=O)N/N=C/[C@H](CC(=O)O)NC(=O)[C@@H]1Cc2cccc3c2N1C(=O)[C@@H](NC(=O)CCC(=O)O)CC3. The number of rotatable bonds is 10. The first-order chi connectivity index (χ1) is 17.1. The van der Waals surface area contributed by atoms with Crippen molar-refractivity contribution in [2.24, 2.45) is 10.8 Å². The van der Waals surface area contributed by atoms with Crippen LogP contribution in [0.1, 0.15) is 36.8 Å². The molecule has 192 valence electrons. The fourth-order valence-electron chi connectivity index (χ4n) is 4.26. The lowest BCUT2D eigenvalue weighted by molar-refractivity contribution is -0.139. The Morgan fingerprint density at radius 3 is 2.53 bits per heavy atom. The summed E-state index contributed by atoms with van der Waals surface area (Å²) in [4.78, 5) is 73.1. The minimum atomic E-state index is -1.24. The van der Waals surface area contributed by atoms with E-state index in [0.29, 0.717) is 12.1 Å². The van der Waals surface area contributed by atoms with Crippen molar-refractivity contribution in [2.75, 3.05) is 4.90 Å². The van der Waals surface area contributed by atoms with Crippen molar-refractivity contribution in [3.8, 4) is 0 Å². The van der Waals surface area contributed by atoms with E-state index in [-0.39, 0.29) is 25.7 Å². The van der Waals surface area contributed by atoms with Crippen LogP contribution in [0.25, 0.3) is 0 Å². The first-order valence-corrected chi connectivity index (χ1v) is 11.1. The molecule has 14 heteroatoms. The van der Waals surface area contributed by atoms with Gasteiger partial charge in [-0.15, -0.1) is 0 Å². The molecule has 0 radical (unpaired) electrons. The second-order valence-electron chi connectivity index (χ2n) is 8.37. The average Bonchev–Trinajstić information content (AvgIpc) is 3.13. The summed E-state index contributed by atoms with van der Waals surface area (Å²) in [6, 6.07) is 1.32. The molecule has 36 heavy (non-hydrogen) atoms. The molecule has 0 aromatic heterocycles. The third kappa shape index (κ3) is 6.34. The van der Waals surface area contributed by atoms with Crippen LogP contribution in [0, 0.1) is 0 Å². The van der Waals surface area contributed by atoms with Crippen LogP contribution in [-0.4, -0.2) is 70.2 Å². The number of nitrogens with one attached hydrogen (secondary N) is 3. The van der Waals surface area contributed by atoms with E-state index in [4.69, 9.17) is 15.9 Å². The Labute approximate surface area is 204 Å². The molecule has 5 amide bonds. The highest BCUT2D eigenvalue weighted by atomic mass is 16.4. The summed E-state index contributed by atoms with van der Waals surface area (Å²) in [5, 5.41) is 26.6. The van der Waals surface area contributed by atoms with E-state index in [2.05, 4.69) is 15.7 Å². The molecular formula is C22H26N6O8. The number of aryl methyl sites for hydroxylation is 1. The number of hydrogen-bond acceptors (Lipinski definition) is 7. The number of nitrogens with two attached hydrogens (primary N) is 1. The van der Waals surface area contributed by atoms with Gasteiger partial charge in [0.05, 0.1) is 24.6 Å². The minimum Gasteiger partial charge on any atom is -0.481 e. The quantitative estimate of drug-likeness (QED) is 0.169. The van der Waals surface area contributed by atoms with Crippen LogP contribution >= 0.6 is 0 Å². The Kier molecular flexibility index (Phi) is 8.19. The highest BCUT2D eigenvalue weighted by Gasteiger charge is 2.44. The van der Waals surface area contributed by atoms with Crippen molar-refractivity contribution in [1.82, 2.24) is 16.1 Å². The molecule has 0 saturated carbocycles. The zero-order chi connectivity index (χ0) is 26.4. The number of benzene rings is 1. The lowest BCUT2D eigenvalue weighted by Crippen LogP contribution is -2.56. The number of aliphatic carboxylic acids is 2. The fraction of sp³-hybridized carbons (Fsp3) is 0.409. The van der Waals surface area contributed by atoms with Crippen LogP contribution < -0.4 is 26.7 Å². The molecule has 1 aromatic carbocycles. The molecule has 0 saturated heterocycles. The lowest BCUT2D eigenvalue weighted by atomic mass is 10.0. The summed E-state index contributed by atoms with van der Waals surface area (Å²) in [6.45, 7) is 0. The number of carbonyl (C=O) groups excluding carboxylic acids is 4. The van der Waals surface area contributed by atoms with Gasteiger partial charge < -0.3 is 26.6 Å². The predicted molar refractivity (Wildman–Crippen MR) is 124 cm³/mol. The third-order valence-corrected chi connectivity index (χ3v) is 5.76. The van der Waals surface area contributed by atoms with Gasteiger partial charge in [0.1, 0.15) is 12.1 Å². The van der Waals surface area contributed by atoms with Gasteiger partial charge in [0.15, 0.2) is 0 Å². The van der Waals surface area contributed by atoms with E-state index in [1.807, 2.05) is 11.5 Å². The van der Waals surface area contributed by atoms with Crippen molar-refractivity contribution < 1.29 is 39.0 Å². The Morgan fingerprint density at radius 1 is 1.14 bits per heavy atom. The number of hydrogen-bond donors (Lipinski definition) is 6. The summed E-state index contributed by atoms with van der Waals surface area (Å²) < 4.78 is 0. The number of hydrazone groups is 1. The number of carbonyl (C=O) groups is 6. The molecule has 14 nitrogen and oxygen atoms in total. The van der Waals surface area contributed by atoms with E-state index < -0.39 is 60.2 Å². The second kappa shape index (κ2) is 11.3. The van der Waals surface area contributed by atoms with Gasteiger partial charge in [0.2, 0.25) is 17.7 Å². The van der Waals surface area contributed by atoms with Gasteiger partial charge in [-0.25, -0.2) is 10.2 Å². The Hall–Kier alpha value is -4.49. The number of urea groups is 1. The Balaban J connectivity index is 1.83. The van der Waals surface area contributed by atoms with Crippen molar-refractivity contribution >= 4 is 47.6 Å². The minimum absolute atomic E-state index is 0.164. The normalized spacial score (nSPS) is 19.2. The van der Waals surface area contributed by atoms with Gasteiger partial charge in [0.25, 0.3) is 0 Å². The van der Waals surface area contributed by atoms with Crippen molar-refractivity contribution in [3.05, 3.63) is 29.3 Å². The molecule has 0 bridgehead atoms. The van der Waals surface area contributed by atoms with Crippen LogP contribution in [0.5, 0.6) is 0 Å². The van der Waals surface area contributed by atoms with E-state index in [1.54, 1.807) is 12.1 Å². The van der Waals surface area contributed by atoms with E-state index in [9.17, 15) is 28.8 Å². The molecule has 0 unspecified atom stereocenters. The van der Waals surface area contributed by atoms with Crippen molar-refractivity contribution in [1.29, 1.82) is 0 Å². The highest BCUT2D eigenvalue weighted by molar-refractivity contribution is 6.08. The van der Waals surface area contributed by atoms with Gasteiger partial charge in [-0.1, -0.05) is 18.2 Å². The molecular weight excluding hydrogens is 476 g/mol. The summed E-state index contributed by atoms with van der Waals surface area (Å²) in [7, 11) is 0. The number of para-hydroxylation sites is 1. The van der Waals surface area contributed by atoms with Crippen molar-refractivity contribution in [2.45, 2.75) is 56.7 Å². The maximum Gasteiger partial charge on any atom is 0.332 e. The third-order valence-electron chi connectivity index (χ3n) is 5.76. The molecule has 2 heterocycles. The smallest absolute Gasteiger partial charge is 0.332 e. The fourth-order valence-corrected chi connectivity index (χ4v) is 4.26. The summed E-state index contributed by atoms with van der Waals surface area (Å²) in [5.74, 6) is -4.16. The first-order valence-electron chi connectivity index (χ1n) is 11.1. The van der Waals surface area contributed by atoms with Crippen LogP contribution in [0.3, 0.4) is 0 Å². The maximum absolute atomic E-state index is 13.5. The monoisotopic (exact) mass is 502 g/mol. The van der Waals surface area contributed by atoms with Crippen LogP contribution in [-0.2, 0) is 36.8 Å². The van der Waals surface area contributed by atoms with Gasteiger partial charge in [-0.3, -0.25) is 28.9 Å². The van der Waals surface area contributed by atoms with Crippen LogP contribution in [0.15, 0.2) is 23.3 Å². The van der Waals surface area contributed by atoms with Gasteiger partial charge in [-0.2, -0.15) is 5.10 Å². The van der Waals surface area contributed by atoms with Gasteiger partial charge >= 0.3 is 18.0 Å². The number of anilines is 1. The zero-order valence-corrected chi connectivity index (χ0v) is 19.1. The van der Waals surface area contributed by atoms with Crippen LogP contribution in [0.4, 0.5) is 10.5 Å². The number of nitrogens with zero attached hydrogens (tertiary/aromatic N) is 2. The summed E-state index contributed by atoms with van der Waals surface area (Å²) >= 11 is 0. The Bertz CT molecular complexity index is 1120. The van der Waals surface area contributed by atoms with E-state index in [0.717, 1.165) is 17.3 Å².